The standard InChI is InChI=1S/C23H28N2O2/c1-23(2,3)18-14-12-17(13-15-18)22(27)25-20-11-7-6-10-19(20)24-21(26)16-8-4-5-9-16/h6-7,10-16H,4-5,8-9H2,1-3H3,(H,24,26)(H,25,27). The van der Waals surface area contributed by atoms with Crippen molar-refractivity contribution >= 4 is 23.2 Å². The summed E-state index contributed by atoms with van der Waals surface area (Å²) in [5.41, 5.74) is 3.09. The Bertz CT molecular complexity index is 813. The predicted octanol–water partition coefficient (Wildman–Crippen LogP) is 5.37. The van der Waals surface area contributed by atoms with Crippen LogP contribution in [0.4, 0.5) is 11.4 Å². The third-order valence-corrected chi connectivity index (χ3v) is 5.17. The van der Waals surface area contributed by atoms with Crippen LogP contribution in [0.3, 0.4) is 0 Å². The molecule has 2 aromatic carbocycles. The van der Waals surface area contributed by atoms with Crippen molar-refractivity contribution in [3.8, 4) is 0 Å². The molecule has 2 aromatic rings. The van der Waals surface area contributed by atoms with Crippen LogP contribution in [0.1, 0.15) is 62.4 Å². The lowest BCUT2D eigenvalue weighted by Gasteiger charge is -2.19. The molecule has 0 bridgehead atoms. The minimum Gasteiger partial charge on any atom is -0.324 e. The Kier molecular flexibility index (Phi) is 5.64. The van der Waals surface area contributed by atoms with Gasteiger partial charge in [0.1, 0.15) is 0 Å². The van der Waals surface area contributed by atoms with Crippen LogP contribution < -0.4 is 10.6 Å². The van der Waals surface area contributed by atoms with Gasteiger partial charge >= 0.3 is 0 Å². The fourth-order valence-corrected chi connectivity index (χ4v) is 3.44. The molecule has 1 saturated carbocycles. The van der Waals surface area contributed by atoms with E-state index in [9.17, 15) is 9.59 Å². The minimum atomic E-state index is -0.182. The molecule has 27 heavy (non-hydrogen) atoms. The van der Waals surface area contributed by atoms with E-state index in [1.165, 1.54) is 5.56 Å². The molecule has 2 N–H and O–H groups in total. The van der Waals surface area contributed by atoms with Gasteiger partial charge in [0.2, 0.25) is 5.91 Å². The zero-order chi connectivity index (χ0) is 19.4. The van der Waals surface area contributed by atoms with Crippen LogP contribution in [0.5, 0.6) is 0 Å². The molecule has 1 aliphatic carbocycles. The summed E-state index contributed by atoms with van der Waals surface area (Å²) in [6, 6.07) is 15.0. The maximum absolute atomic E-state index is 12.6. The van der Waals surface area contributed by atoms with Gasteiger partial charge in [0.05, 0.1) is 11.4 Å². The first-order valence-corrected chi connectivity index (χ1v) is 9.66. The second kappa shape index (κ2) is 7.95. The molecule has 0 atom stereocenters. The number of nitrogens with one attached hydrogen (secondary N) is 2. The van der Waals surface area contributed by atoms with Crippen LogP contribution in [-0.2, 0) is 10.2 Å². The zero-order valence-electron chi connectivity index (χ0n) is 16.3. The average molecular weight is 364 g/mol. The van der Waals surface area contributed by atoms with Gasteiger partial charge in [0, 0.05) is 11.5 Å². The topological polar surface area (TPSA) is 58.2 Å². The number of hydrogen-bond donors (Lipinski definition) is 2. The Balaban J connectivity index is 1.71. The molecule has 0 heterocycles. The first-order chi connectivity index (χ1) is 12.8. The Hall–Kier alpha value is -2.62. The first-order valence-electron chi connectivity index (χ1n) is 9.66. The molecule has 4 nitrogen and oxygen atoms in total. The fraction of sp³-hybridized carbons (Fsp3) is 0.391. The van der Waals surface area contributed by atoms with E-state index in [0.717, 1.165) is 25.7 Å². The van der Waals surface area contributed by atoms with Gasteiger partial charge in [-0.15, -0.1) is 0 Å². The number of amides is 2. The van der Waals surface area contributed by atoms with Crippen LogP contribution in [0.15, 0.2) is 48.5 Å². The van der Waals surface area contributed by atoms with E-state index in [2.05, 4.69) is 31.4 Å². The van der Waals surface area contributed by atoms with Gasteiger partial charge < -0.3 is 10.6 Å². The smallest absolute Gasteiger partial charge is 0.255 e. The first kappa shape index (κ1) is 19.2. The van der Waals surface area contributed by atoms with E-state index < -0.39 is 0 Å². The summed E-state index contributed by atoms with van der Waals surface area (Å²) >= 11 is 0. The maximum atomic E-state index is 12.6. The molecule has 0 spiro atoms. The van der Waals surface area contributed by atoms with Gasteiger partial charge in [0.15, 0.2) is 0 Å². The normalized spacial score (nSPS) is 14.8. The highest BCUT2D eigenvalue weighted by molar-refractivity contribution is 6.07. The van der Waals surface area contributed by atoms with Crippen molar-refractivity contribution in [1.29, 1.82) is 0 Å². The highest BCUT2D eigenvalue weighted by atomic mass is 16.2. The van der Waals surface area contributed by atoms with Crippen molar-refractivity contribution in [2.45, 2.75) is 51.9 Å². The molecular weight excluding hydrogens is 336 g/mol. The van der Waals surface area contributed by atoms with Crippen LogP contribution in [0, 0.1) is 5.92 Å². The predicted molar refractivity (Wildman–Crippen MR) is 110 cm³/mol. The highest BCUT2D eigenvalue weighted by Crippen LogP contribution is 2.28. The summed E-state index contributed by atoms with van der Waals surface area (Å²) in [5.74, 6) is -0.0551. The van der Waals surface area contributed by atoms with Crippen LogP contribution >= 0.6 is 0 Å². The number of anilines is 2. The van der Waals surface area contributed by atoms with E-state index in [4.69, 9.17) is 0 Å². The summed E-state index contributed by atoms with van der Waals surface area (Å²) in [6.07, 6.45) is 4.11. The minimum absolute atomic E-state index is 0.0451. The molecule has 1 fully saturated rings. The van der Waals surface area contributed by atoms with Crippen LogP contribution in [0.25, 0.3) is 0 Å². The molecule has 0 radical (unpaired) electrons. The second-order valence-corrected chi connectivity index (χ2v) is 8.30. The highest BCUT2D eigenvalue weighted by Gasteiger charge is 2.23. The third kappa shape index (κ3) is 4.76. The monoisotopic (exact) mass is 364 g/mol. The second-order valence-electron chi connectivity index (χ2n) is 8.30. The Morgan fingerprint density at radius 1 is 0.852 bits per heavy atom. The molecule has 3 rings (SSSR count). The van der Waals surface area contributed by atoms with Gasteiger partial charge in [-0.25, -0.2) is 0 Å². The largest absolute Gasteiger partial charge is 0.324 e. The van der Waals surface area contributed by atoms with E-state index in [1.807, 2.05) is 48.5 Å². The summed E-state index contributed by atoms with van der Waals surface area (Å²) in [5, 5.41) is 5.91. The van der Waals surface area contributed by atoms with Crippen molar-refractivity contribution in [3.05, 3.63) is 59.7 Å². The molecular formula is C23H28N2O2. The molecule has 0 aromatic heterocycles. The van der Waals surface area contributed by atoms with E-state index in [0.29, 0.717) is 16.9 Å². The summed E-state index contributed by atoms with van der Waals surface area (Å²) < 4.78 is 0. The van der Waals surface area contributed by atoms with Gasteiger partial charge in [-0.05, 0) is 48.1 Å². The van der Waals surface area contributed by atoms with Crippen molar-refractivity contribution in [3.63, 3.8) is 0 Å². The molecule has 2 amide bonds. The molecule has 0 unspecified atom stereocenters. The summed E-state index contributed by atoms with van der Waals surface area (Å²) in [6.45, 7) is 6.43. The van der Waals surface area contributed by atoms with Gasteiger partial charge in [-0.3, -0.25) is 9.59 Å². The van der Waals surface area contributed by atoms with Gasteiger partial charge in [-0.2, -0.15) is 0 Å². The molecule has 0 saturated heterocycles. The van der Waals surface area contributed by atoms with Gasteiger partial charge in [0.25, 0.3) is 5.91 Å². The zero-order valence-corrected chi connectivity index (χ0v) is 16.3. The number of hydrogen-bond acceptors (Lipinski definition) is 2. The third-order valence-electron chi connectivity index (χ3n) is 5.17. The van der Waals surface area contributed by atoms with E-state index >= 15 is 0 Å². The maximum Gasteiger partial charge on any atom is 0.255 e. The SMILES string of the molecule is CC(C)(C)c1ccc(C(=O)Nc2ccccc2NC(=O)C2CCCC2)cc1. The van der Waals surface area contributed by atoms with Crippen molar-refractivity contribution in [1.82, 2.24) is 0 Å². The Morgan fingerprint density at radius 3 is 1.96 bits per heavy atom. The van der Waals surface area contributed by atoms with Crippen LogP contribution in [-0.4, -0.2) is 11.8 Å². The van der Waals surface area contributed by atoms with Crippen molar-refractivity contribution < 1.29 is 9.59 Å². The average Bonchev–Trinajstić information content (AvgIpc) is 3.17. The molecule has 0 aliphatic heterocycles. The number of rotatable bonds is 4. The van der Waals surface area contributed by atoms with Crippen molar-refractivity contribution in [2.75, 3.05) is 10.6 Å². The summed E-state index contributed by atoms with van der Waals surface area (Å²) in [7, 11) is 0. The molecule has 4 heteroatoms. The van der Waals surface area contributed by atoms with E-state index in [1.54, 1.807) is 0 Å². The Morgan fingerprint density at radius 2 is 1.41 bits per heavy atom. The fourth-order valence-electron chi connectivity index (χ4n) is 3.44. The molecule has 142 valence electrons. The lowest BCUT2D eigenvalue weighted by atomic mass is 9.87. The number of carbonyl (C=O) groups excluding carboxylic acids is 2. The number of carbonyl (C=O) groups is 2. The van der Waals surface area contributed by atoms with Crippen molar-refractivity contribution in [2.24, 2.45) is 5.92 Å². The number of para-hydroxylation sites is 2. The Labute approximate surface area is 161 Å². The lowest BCUT2D eigenvalue weighted by Crippen LogP contribution is -2.22. The summed E-state index contributed by atoms with van der Waals surface area (Å²) in [4.78, 5) is 25.1. The lowest BCUT2D eigenvalue weighted by molar-refractivity contribution is -0.119. The number of benzene rings is 2. The molecule has 1 aliphatic rings. The van der Waals surface area contributed by atoms with Crippen LogP contribution in [0.2, 0.25) is 0 Å². The van der Waals surface area contributed by atoms with E-state index in [-0.39, 0.29) is 23.1 Å². The van der Waals surface area contributed by atoms with Gasteiger partial charge in [-0.1, -0.05) is 57.9 Å². The quantitative estimate of drug-likeness (QED) is 0.767.